The molecule has 0 aromatic heterocycles. The average molecular weight is 289 g/mol. The maximum Gasteiger partial charge on any atom is 0.123 e. The molecule has 2 N–H and O–H groups in total. The first-order valence-electron chi connectivity index (χ1n) is 6.84. The molecule has 0 aliphatic heterocycles. The van der Waals surface area contributed by atoms with Crippen LogP contribution in [0.4, 0.5) is 4.39 Å². The Morgan fingerprint density at radius 1 is 1.14 bits per heavy atom. The zero-order valence-electron chi connectivity index (χ0n) is 12.3. The molecule has 1 atom stereocenters. The highest BCUT2D eigenvalue weighted by Gasteiger charge is 2.22. The van der Waals surface area contributed by atoms with Gasteiger partial charge in [-0.15, -0.1) is 0 Å². The zero-order chi connectivity index (χ0) is 15.3. The van der Waals surface area contributed by atoms with E-state index in [1.807, 2.05) is 24.3 Å². The first kappa shape index (κ1) is 15.5. The summed E-state index contributed by atoms with van der Waals surface area (Å²) in [6.07, 6.45) is 0. The molecule has 0 bridgehead atoms. The second kappa shape index (κ2) is 6.70. The largest absolute Gasteiger partial charge is 0.496 e. The van der Waals surface area contributed by atoms with Crippen molar-refractivity contribution in [3.63, 3.8) is 0 Å². The van der Waals surface area contributed by atoms with Crippen LogP contribution in [0, 0.1) is 5.82 Å². The van der Waals surface area contributed by atoms with Crippen molar-refractivity contribution in [2.24, 2.45) is 0 Å². The summed E-state index contributed by atoms with van der Waals surface area (Å²) in [5.41, 5.74) is 0.641. The van der Waals surface area contributed by atoms with Crippen LogP contribution in [0.25, 0.3) is 0 Å². The van der Waals surface area contributed by atoms with E-state index in [0.29, 0.717) is 18.7 Å². The number of halogens is 1. The number of aliphatic hydroxyl groups is 1. The Bertz CT molecular complexity index is 582. The molecule has 2 aromatic rings. The highest BCUT2D eigenvalue weighted by atomic mass is 19.1. The molecule has 0 spiro atoms. The molecule has 2 aromatic carbocycles. The molecule has 4 heteroatoms. The van der Waals surface area contributed by atoms with E-state index in [-0.39, 0.29) is 5.82 Å². The second-order valence-electron chi connectivity index (χ2n) is 5.20. The summed E-state index contributed by atoms with van der Waals surface area (Å²) in [5, 5.41) is 13.7. The van der Waals surface area contributed by atoms with Gasteiger partial charge in [0, 0.05) is 18.7 Å². The van der Waals surface area contributed by atoms with Gasteiger partial charge >= 0.3 is 0 Å². The monoisotopic (exact) mass is 289 g/mol. The van der Waals surface area contributed by atoms with Gasteiger partial charge in [-0.25, -0.2) is 4.39 Å². The molecule has 0 heterocycles. The zero-order valence-corrected chi connectivity index (χ0v) is 12.3. The lowest BCUT2D eigenvalue weighted by atomic mass is 9.96. The van der Waals surface area contributed by atoms with Crippen LogP contribution in [0.15, 0.2) is 48.5 Å². The number of hydrogen-bond acceptors (Lipinski definition) is 3. The van der Waals surface area contributed by atoms with E-state index in [2.05, 4.69) is 5.32 Å². The number of methoxy groups -OCH3 is 1. The molecule has 0 saturated heterocycles. The summed E-state index contributed by atoms with van der Waals surface area (Å²) in [7, 11) is 1.63. The van der Waals surface area contributed by atoms with Crippen molar-refractivity contribution in [2.45, 2.75) is 19.1 Å². The summed E-state index contributed by atoms with van der Waals surface area (Å²) < 4.78 is 18.2. The molecule has 2 rings (SSSR count). The predicted molar refractivity (Wildman–Crippen MR) is 80.7 cm³/mol. The van der Waals surface area contributed by atoms with Gasteiger partial charge in [0.2, 0.25) is 0 Å². The van der Waals surface area contributed by atoms with Crippen molar-refractivity contribution in [3.8, 4) is 5.75 Å². The topological polar surface area (TPSA) is 41.5 Å². The van der Waals surface area contributed by atoms with Crippen LogP contribution in [0.3, 0.4) is 0 Å². The first-order valence-corrected chi connectivity index (χ1v) is 6.84. The standard InChI is InChI=1S/C17H20FNO2/c1-17(20,14-7-9-15(18)10-8-14)12-19-11-13-5-3-4-6-16(13)21-2/h3-10,19-20H,11-12H2,1-2H3. The number of benzene rings is 2. The predicted octanol–water partition coefficient (Wildman–Crippen LogP) is 2.83. The molecule has 21 heavy (non-hydrogen) atoms. The van der Waals surface area contributed by atoms with Crippen LogP contribution >= 0.6 is 0 Å². The molecule has 3 nitrogen and oxygen atoms in total. The molecular weight excluding hydrogens is 269 g/mol. The Hall–Kier alpha value is -1.91. The fourth-order valence-corrected chi connectivity index (χ4v) is 2.20. The van der Waals surface area contributed by atoms with Crippen LogP contribution in [0.1, 0.15) is 18.1 Å². The summed E-state index contributed by atoms with van der Waals surface area (Å²) in [6, 6.07) is 13.6. The third kappa shape index (κ3) is 4.03. The lowest BCUT2D eigenvalue weighted by molar-refractivity contribution is 0.0565. The van der Waals surface area contributed by atoms with E-state index in [1.54, 1.807) is 26.2 Å². The van der Waals surface area contributed by atoms with Crippen LogP contribution in [0.5, 0.6) is 5.75 Å². The summed E-state index contributed by atoms with van der Waals surface area (Å²) in [4.78, 5) is 0. The highest BCUT2D eigenvalue weighted by Crippen LogP contribution is 2.21. The smallest absolute Gasteiger partial charge is 0.123 e. The lowest BCUT2D eigenvalue weighted by Gasteiger charge is -2.24. The lowest BCUT2D eigenvalue weighted by Crippen LogP contribution is -2.35. The molecule has 0 aliphatic rings. The molecule has 0 radical (unpaired) electrons. The normalized spacial score (nSPS) is 13.7. The molecule has 112 valence electrons. The van der Waals surface area contributed by atoms with Crippen molar-refractivity contribution in [1.82, 2.24) is 5.32 Å². The minimum absolute atomic E-state index is 0.309. The van der Waals surface area contributed by atoms with Gasteiger partial charge < -0.3 is 15.2 Å². The van der Waals surface area contributed by atoms with Gasteiger partial charge in [0.15, 0.2) is 0 Å². The third-order valence-corrected chi connectivity index (χ3v) is 3.44. The maximum absolute atomic E-state index is 12.9. The first-order chi connectivity index (χ1) is 10.0. The minimum atomic E-state index is -1.06. The van der Waals surface area contributed by atoms with Gasteiger partial charge in [0.25, 0.3) is 0 Å². The van der Waals surface area contributed by atoms with E-state index in [9.17, 15) is 9.50 Å². The van der Waals surface area contributed by atoms with Crippen LogP contribution in [0.2, 0.25) is 0 Å². The Labute approximate surface area is 124 Å². The van der Waals surface area contributed by atoms with Crippen molar-refractivity contribution in [1.29, 1.82) is 0 Å². The summed E-state index contributed by atoms with van der Waals surface area (Å²) >= 11 is 0. The molecule has 1 unspecified atom stereocenters. The van der Waals surface area contributed by atoms with Crippen molar-refractivity contribution in [3.05, 3.63) is 65.5 Å². The number of para-hydroxylation sites is 1. The van der Waals surface area contributed by atoms with E-state index in [0.717, 1.165) is 11.3 Å². The van der Waals surface area contributed by atoms with Crippen LogP contribution in [-0.4, -0.2) is 18.8 Å². The van der Waals surface area contributed by atoms with Crippen LogP contribution in [-0.2, 0) is 12.1 Å². The van der Waals surface area contributed by atoms with E-state index >= 15 is 0 Å². The summed E-state index contributed by atoms with van der Waals surface area (Å²) in [5.74, 6) is 0.503. The van der Waals surface area contributed by atoms with Crippen molar-refractivity contribution in [2.75, 3.05) is 13.7 Å². The second-order valence-corrected chi connectivity index (χ2v) is 5.20. The number of nitrogens with one attached hydrogen (secondary N) is 1. The fraction of sp³-hybridized carbons (Fsp3) is 0.294. The number of ether oxygens (including phenoxy) is 1. The van der Waals surface area contributed by atoms with Gasteiger partial charge in [0.1, 0.15) is 11.6 Å². The van der Waals surface area contributed by atoms with E-state index < -0.39 is 5.60 Å². The maximum atomic E-state index is 12.9. The van der Waals surface area contributed by atoms with Gasteiger partial charge in [-0.3, -0.25) is 0 Å². The Morgan fingerprint density at radius 2 is 1.81 bits per heavy atom. The highest BCUT2D eigenvalue weighted by molar-refractivity contribution is 5.33. The van der Waals surface area contributed by atoms with Crippen LogP contribution < -0.4 is 10.1 Å². The third-order valence-electron chi connectivity index (χ3n) is 3.44. The fourth-order valence-electron chi connectivity index (χ4n) is 2.20. The SMILES string of the molecule is COc1ccccc1CNCC(C)(O)c1ccc(F)cc1. The molecule has 0 amide bonds. The quantitative estimate of drug-likeness (QED) is 0.859. The molecule has 0 saturated carbocycles. The van der Waals surface area contributed by atoms with Gasteiger partial charge in [-0.05, 0) is 30.7 Å². The minimum Gasteiger partial charge on any atom is -0.496 e. The Morgan fingerprint density at radius 3 is 2.48 bits per heavy atom. The van der Waals surface area contributed by atoms with Gasteiger partial charge in [0.05, 0.1) is 12.7 Å². The average Bonchev–Trinajstić information content (AvgIpc) is 2.48. The summed E-state index contributed by atoms with van der Waals surface area (Å²) in [6.45, 7) is 2.65. The molecule has 0 fully saturated rings. The number of hydrogen-bond donors (Lipinski definition) is 2. The molecular formula is C17H20FNO2. The number of rotatable bonds is 6. The van der Waals surface area contributed by atoms with E-state index in [4.69, 9.17) is 4.74 Å². The van der Waals surface area contributed by atoms with Crippen molar-refractivity contribution < 1.29 is 14.2 Å². The Balaban J connectivity index is 1.97. The van der Waals surface area contributed by atoms with Gasteiger partial charge in [-0.1, -0.05) is 30.3 Å². The van der Waals surface area contributed by atoms with Gasteiger partial charge in [-0.2, -0.15) is 0 Å². The van der Waals surface area contributed by atoms with Crippen molar-refractivity contribution >= 4 is 0 Å². The van der Waals surface area contributed by atoms with E-state index in [1.165, 1.54) is 12.1 Å². The molecule has 0 aliphatic carbocycles. The Kier molecular flexibility index (Phi) is 4.94.